The van der Waals surface area contributed by atoms with Crippen molar-refractivity contribution in [1.82, 2.24) is 4.98 Å². The lowest BCUT2D eigenvalue weighted by atomic mass is 9.93. The molecule has 0 saturated carbocycles. The van der Waals surface area contributed by atoms with Gasteiger partial charge in [0.2, 0.25) is 5.60 Å². The van der Waals surface area contributed by atoms with Gasteiger partial charge >= 0.3 is 5.97 Å². The van der Waals surface area contributed by atoms with Gasteiger partial charge in [0, 0.05) is 28.2 Å². The second kappa shape index (κ2) is 12.6. The van der Waals surface area contributed by atoms with Crippen molar-refractivity contribution in [2.45, 2.75) is 51.7 Å². The highest BCUT2D eigenvalue weighted by Gasteiger charge is 2.39. The molecule has 4 rings (SSSR count). The number of hydrogen-bond acceptors (Lipinski definition) is 4. The van der Waals surface area contributed by atoms with Crippen LogP contribution in [0.25, 0.3) is 23.1 Å². The Morgan fingerprint density at radius 2 is 1.84 bits per heavy atom. The highest BCUT2D eigenvalue weighted by molar-refractivity contribution is 6.31. The minimum Gasteiger partial charge on any atom is -0.478 e. The first-order chi connectivity index (χ1) is 18.4. The molecule has 0 amide bonds. The Bertz CT molecular complexity index is 1440. The molecule has 0 unspecified atom stereocenters. The smallest absolute Gasteiger partial charge is 0.348 e. The maximum Gasteiger partial charge on any atom is 0.348 e. The molecular formula is C32H33ClN2O3. The molecule has 5 nitrogen and oxygen atoms in total. The number of anilines is 1. The minimum absolute atomic E-state index is 0.400. The molecule has 0 aliphatic carbocycles. The van der Waals surface area contributed by atoms with E-state index in [0.29, 0.717) is 30.2 Å². The molecule has 0 spiro atoms. The number of para-hydroxylation sites is 1. The number of fused-ring (bicyclic) bond motifs is 1. The van der Waals surface area contributed by atoms with Crippen LogP contribution in [0.5, 0.6) is 5.75 Å². The monoisotopic (exact) mass is 528 g/mol. The van der Waals surface area contributed by atoms with Crippen LogP contribution in [0, 0.1) is 0 Å². The van der Waals surface area contributed by atoms with E-state index in [4.69, 9.17) is 16.3 Å². The van der Waals surface area contributed by atoms with Gasteiger partial charge < -0.3 is 15.2 Å². The number of nitrogens with zero attached hydrogens (tertiary/aromatic N) is 1. The normalized spacial score (nSPS) is 12.9. The topological polar surface area (TPSA) is 71.5 Å². The third-order valence-corrected chi connectivity index (χ3v) is 6.90. The Labute approximate surface area is 229 Å². The average molecular weight is 529 g/mol. The van der Waals surface area contributed by atoms with Gasteiger partial charge in [0.15, 0.2) is 0 Å². The average Bonchev–Trinajstić information content (AvgIpc) is 2.93. The van der Waals surface area contributed by atoms with E-state index in [2.05, 4.69) is 23.3 Å². The predicted octanol–water partition coefficient (Wildman–Crippen LogP) is 8.47. The fourth-order valence-electron chi connectivity index (χ4n) is 4.35. The minimum atomic E-state index is -1.22. The number of aliphatic carboxylic acids is 1. The van der Waals surface area contributed by atoms with Crippen molar-refractivity contribution in [3.05, 3.63) is 101 Å². The molecule has 38 heavy (non-hydrogen) atoms. The zero-order valence-electron chi connectivity index (χ0n) is 21.8. The number of benzene rings is 3. The van der Waals surface area contributed by atoms with Gasteiger partial charge in [-0.25, -0.2) is 9.78 Å². The van der Waals surface area contributed by atoms with E-state index in [0.717, 1.165) is 46.3 Å². The molecule has 0 aliphatic rings. The fraction of sp³-hybridized carbons (Fsp3) is 0.250. The third kappa shape index (κ3) is 6.73. The zero-order chi connectivity index (χ0) is 27.0. The molecule has 1 heterocycles. The standard InChI is InChI=1S/C32H33ClN2O3/c1-3-5-19-32(4-2,31(36)37)38-30-12-7-6-10-25(30)22-34-28-11-8-9-23(20-28)13-17-27-18-15-24-14-16-26(33)21-29(24)35-27/h6-18,20-21,34H,3-5,19,22H2,1-2H3,(H,36,37)/t32-/m0/s1. The van der Waals surface area contributed by atoms with Crippen LogP contribution in [0.1, 0.15) is 56.4 Å². The lowest BCUT2D eigenvalue weighted by molar-refractivity contribution is -0.156. The van der Waals surface area contributed by atoms with E-state index >= 15 is 0 Å². The number of rotatable bonds is 12. The van der Waals surface area contributed by atoms with Crippen LogP contribution in [-0.2, 0) is 11.3 Å². The summed E-state index contributed by atoms with van der Waals surface area (Å²) < 4.78 is 6.22. The molecule has 1 atom stereocenters. The number of carboxylic acid groups (broad SMARTS) is 1. The maximum absolute atomic E-state index is 12.2. The summed E-state index contributed by atoms with van der Waals surface area (Å²) in [5.74, 6) is -0.321. The molecule has 0 fully saturated rings. The number of aromatic nitrogens is 1. The van der Waals surface area contributed by atoms with E-state index in [-0.39, 0.29) is 0 Å². The third-order valence-electron chi connectivity index (χ3n) is 6.66. The van der Waals surface area contributed by atoms with Crippen LogP contribution in [0.3, 0.4) is 0 Å². The van der Waals surface area contributed by atoms with Crippen LogP contribution >= 0.6 is 11.6 Å². The van der Waals surface area contributed by atoms with Gasteiger partial charge in [-0.1, -0.05) is 80.4 Å². The number of ether oxygens (including phenoxy) is 1. The van der Waals surface area contributed by atoms with Crippen molar-refractivity contribution < 1.29 is 14.6 Å². The molecule has 4 aromatic rings. The van der Waals surface area contributed by atoms with Crippen LogP contribution in [-0.4, -0.2) is 21.7 Å². The molecule has 2 N–H and O–H groups in total. The molecule has 0 saturated heterocycles. The Balaban J connectivity index is 1.47. The van der Waals surface area contributed by atoms with Crippen LogP contribution in [0.2, 0.25) is 5.02 Å². The number of carbonyl (C=O) groups is 1. The van der Waals surface area contributed by atoms with Crippen LogP contribution in [0.4, 0.5) is 5.69 Å². The van der Waals surface area contributed by atoms with Crippen molar-refractivity contribution >= 4 is 46.3 Å². The van der Waals surface area contributed by atoms with Crippen molar-refractivity contribution in [1.29, 1.82) is 0 Å². The number of pyridine rings is 1. The molecule has 0 radical (unpaired) electrons. The molecule has 0 bridgehead atoms. The number of hydrogen-bond donors (Lipinski definition) is 2. The van der Waals surface area contributed by atoms with Crippen molar-refractivity contribution in [3.63, 3.8) is 0 Å². The number of carboxylic acids is 1. The summed E-state index contributed by atoms with van der Waals surface area (Å²) in [6, 6.07) is 25.4. The van der Waals surface area contributed by atoms with Gasteiger partial charge in [-0.3, -0.25) is 0 Å². The summed E-state index contributed by atoms with van der Waals surface area (Å²) in [6.45, 7) is 4.42. The summed E-state index contributed by atoms with van der Waals surface area (Å²) in [5.41, 5.74) is 3.38. The molecule has 1 aromatic heterocycles. The molecule has 0 aliphatic heterocycles. The van der Waals surface area contributed by atoms with Gasteiger partial charge in [0.1, 0.15) is 5.75 Å². The Morgan fingerprint density at radius 1 is 1.03 bits per heavy atom. The van der Waals surface area contributed by atoms with E-state index in [1.54, 1.807) is 0 Å². The molecule has 196 valence electrons. The molecular weight excluding hydrogens is 496 g/mol. The maximum atomic E-state index is 12.2. The number of halogens is 1. The molecule has 3 aromatic carbocycles. The van der Waals surface area contributed by atoms with E-state index in [1.807, 2.05) is 91.9 Å². The van der Waals surface area contributed by atoms with Gasteiger partial charge in [0.25, 0.3) is 0 Å². The quantitative estimate of drug-likeness (QED) is 0.193. The predicted molar refractivity (Wildman–Crippen MR) is 157 cm³/mol. The lowest BCUT2D eigenvalue weighted by Gasteiger charge is -2.30. The number of nitrogens with one attached hydrogen (secondary N) is 1. The van der Waals surface area contributed by atoms with Crippen LogP contribution < -0.4 is 10.1 Å². The van der Waals surface area contributed by atoms with Gasteiger partial charge in [-0.15, -0.1) is 0 Å². The van der Waals surface area contributed by atoms with Crippen molar-refractivity contribution in [2.24, 2.45) is 0 Å². The summed E-state index contributed by atoms with van der Waals surface area (Å²) in [6.07, 6.45) is 6.59. The Kier molecular flexibility index (Phi) is 9.03. The summed E-state index contributed by atoms with van der Waals surface area (Å²) >= 11 is 6.12. The highest BCUT2D eigenvalue weighted by Crippen LogP contribution is 2.30. The zero-order valence-corrected chi connectivity index (χ0v) is 22.5. The van der Waals surface area contributed by atoms with E-state index in [1.165, 1.54) is 0 Å². The van der Waals surface area contributed by atoms with Crippen LogP contribution in [0.15, 0.2) is 78.9 Å². The Hall–Kier alpha value is -3.83. The van der Waals surface area contributed by atoms with Gasteiger partial charge in [0.05, 0.1) is 11.2 Å². The van der Waals surface area contributed by atoms with E-state index in [9.17, 15) is 9.90 Å². The molecule has 6 heteroatoms. The second-order valence-electron chi connectivity index (χ2n) is 9.35. The SMILES string of the molecule is CCCC[C@](CC)(Oc1ccccc1CNc1cccc(C=Cc2ccc3ccc(Cl)cc3n2)c1)C(=O)O. The highest BCUT2D eigenvalue weighted by atomic mass is 35.5. The lowest BCUT2D eigenvalue weighted by Crippen LogP contribution is -2.44. The van der Waals surface area contributed by atoms with E-state index < -0.39 is 11.6 Å². The summed E-state index contributed by atoms with van der Waals surface area (Å²) in [5, 5.41) is 15.2. The van der Waals surface area contributed by atoms with Crippen molar-refractivity contribution in [3.8, 4) is 5.75 Å². The summed E-state index contributed by atoms with van der Waals surface area (Å²) in [7, 11) is 0. The van der Waals surface area contributed by atoms with Gasteiger partial charge in [-0.2, -0.15) is 0 Å². The largest absolute Gasteiger partial charge is 0.478 e. The van der Waals surface area contributed by atoms with Crippen molar-refractivity contribution in [2.75, 3.05) is 5.32 Å². The first-order valence-corrected chi connectivity index (χ1v) is 13.4. The number of unbranched alkanes of at least 4 members (excludes halogenated alkanes) is 1. The first kappa shape index (κ1) is 27.2. The summed E-state index contributed by atoms with van der Waals surface area (Å²) in [4.78, 5) is 16.9. The van der Waals surface area contributed by atoms with Gasteiger partial charge in [-0.05, 0) is 67.3 Å². The Morgan fingerprint density at radius 3 is 2.63 bits per heavy atom. The second-order valence-corrected chi connectivity index (χ2v) is 9.79. The first-order valence-electron chi connectivity index (χ1n) is 13.0. The fourth-order valence-corrected chi connectivity index (χ4v) is 4.52.